The van der Waals surface area contributed by atoms with Gasteiger partial charge in [0, 0.05) is 36.3 Å². The number of imidazole rings is 1. The number of thiazole rings is 1. The highest BCUT2D eigenvalue weighted by Gasteiger charge is 2.13. The molecule has 0 unspecified atom stereocenters. The first-order chi connectivity index (χ1) is 12.6. The van der Waals surface area contributed by atoms with Crippen molar-refractivity contribution in [1.29, 1.82) is 0 Å². The average Bonchev–Trinajstić information content (AvgIpc) is 3.29. The van der Waals surface area contributed by atoms with Crippen molar-refractivity contribution >= 4 is 32.6 Å². The molecule has 3 heterocycles. The number of fused-ring (bicyclic) bond motifs is 1. The molecule has 0 spiro atoms. The summed E-state index contributed by atoms with van der Waals surface area (Å²) < 4.78 is 2.73. The van der Waals surface area contributed by atoms with Gasteiger partial charge in [-0.25, -0.2) is 15.0 Å². The molecule has 0 atom stereocenters. The van der Waals surface area contributed by atoms with E-state index in [0.29, 0.717) is 17.2 Å². The highest BCUT2D eigenvalue weighted by molar-refractivity contribution is 7.22. The lowest BCUT2D eigenvalue weighted by Crippen LogP contribution is -2.23. The van der Waals surface area contributed by atoms with Gasteiger partial charge in [0.1, 0.15) is 12.1 Å². The molecule has 0 fully saturated rings. The second kappa shape index (κ2) is 6.57. The predicted octanol–water partition coefficient (Wildman–Crippen LogP) is 2.70. The first-order valence-electron chi connectivity index (χ1n) is 7.99. The Balaban J connectivity index is 1.57. The number of pyridine rings is 1. The molecule has 1 aromatic carbocycles. The molecule has 3 aromatic heterocycles. The maximum atomic E-state index is 12.6. The summed E-state index contributed by atoms with van der Waals surface area (Å²) in [6, 6.07) is 7.43. The minimum absolute atomic E-state index is 0.151. The number of benzene rings is 1. The summed E-state index contributed by atoms with van der Waals surface area (Å²) in [5.41, 5.74) is 9.04. The summed E-state index contributed by atoms with van der Waals surface area (Å²) in [5, 5.41) is 3.46. The number of hydrogen-bond donors (Lipinski definition) is 2. The Morgan fingerprint density at radius 1 is 1.35 bits per heavy atom. The molecule has 4 aromatic rings. The molecule has 0 radical (unpaired) electrons. The van der Waals surface area contributed by atoms with Crippen LogP contribution in [0.4, 0.5) is 5.13 Å². The Morgan fingerprint density at radius 2 is 2.23 bits per heavy atom. The fourth-order valence-corrected chi connectivity index (χ4v) is 3.66. The Morgan fingerprint density at radius 3 is 3.04 bits per heavy atom. The van der Waals surface area contributed by atoms with Crippen LogP contribution in [0.1, 0.15) is 21.5 Å². The van der Waals surface area contributed by atoms with Gasteiger partial charge in [-0.3, -0.25) is 9.36 Å². The summed E-state index contributed by atoms with van der Waals surface area (Å²) in [5.74, 6) is 0.592. The number of nitrogens with zero attached hydrogens (tertiary/aromatic N) is 4. The minimum Gasteiger partial charge on any atom is -0.375 e. The van der Waals surface area contributed by atoms with Crippen molar-refractivity contribution in [2.45, 2.75) is 13.5 Å². The van der Waals surface area contributed by atoms with Crippen molar-refractivity contribution < 1.29 is 4.79 Å². The van der Waals surface area contributed by atoms with E-state index in [0.717, 1.165) is 27.2 Å². The lowest BCUT2D eigenvalue weighted by molar-refractivity contribution is 0.0951. The first-order valence-corrected chi connectivity index (χ1v) is 8.80. The zero-order valence-electron chi connectivity index (χ0n) is 14.0. The second-order valence-corrected chi connectivity index (χ2v) is 6.89. The molecular weight excluding hydrogens is 348 g/mol. The van der Waals surface area contributed by atoms with E-state index in [9.17, 15) is 4.79 Å². The summed E-state index contributed by atoms with van der Waals surface area (Å²) >= 11 is 1.38. The number of rotatable bonds is 4. The molecule has 0 aliphatic heterocycles. The molecule has 0 saturated heterocycles. The van der Waals surface area contributed by atoms with Gasteiger partial charge in [-0.05, 0) is 30.7 Å². The van der Waals surface area contributed by atoms with Crippen LogP contribution in [0.2, 0.25) is 0 Å². The SMILES string of the molecule is Cc1cc(C(=O)NCc2cccnc2-n2ccnc2)cc2sc(N)nc12. The third-order valence-corrected chi connectivity index (χ3v) is 4.85. The van der Waals surface area contributed by atoms with Crippen LogP contribution in [0.5, 0.6) is 0 Å². The fraction of sp³-hybridized carbons (Fsp3) is 0.111. The van der Waals surface area contributed by atoms with Crippen LogP contribution in [-0.2, 0) is 6.54 Å². The van der Waals surface area contributed by atoms with Gasteiger partial charge in [0.05, 0.1) is 10.2 Å². The van der Waals surface area contributed by atoms with Gasteiger partial charge in [0.25, 0.3) is 5.91 Å². The smallest absolute Gasteiger partial charge is 0.251 e. The molecule has 4 rings (SSSR count). The second-order valence-electron chi connectivity index (χ2n) is 5.83. The Labute approximate surface area is 153 Å². The Bertz CT molecular complexity index is 1090. The van der Waals surface area contributed by atoms with Gasteiger partial charge in [-0.15, -0.1) is 0 Å². The van der Waals surface area contributed by atoms with Crippen molar-refractivity contribution in [2.24, 2.45) is 0 Å². The molecule has 0 saturated carbocycles. The quantitative estimate of drug-likeness (QED) is 0.580. The van der Waals surface area contributed by atoms with E-state index in [4.69, 9.17) is 5.73 Å². The van der Waals surface area contributed by atoms with Gasteiger partial charge in [0.2, 0.25) is 0 Å². The maximum absolute atomic E-state index is 12.6. The molecule has 3 N–H and O–H groups in total. The number of carbonyl (C=O) groups excluding carboxylic acids is 1. The van der Waals surface area contributed by atoms with Crippen molar-refractivity contribution in [3.05, 3.63) is 65.9 Å². The molecule has 26 heavy (non-hydrogen) atoms. The standard InChI is InChI=1S/C18H16N6OS/c1-11-7-13(8-14-15(11)23-18(19)26-14)17(25)22-9-12-3-2-4-21-16(12)24-6-5-20-10-24/h2-8,10H,9H2,1H3,(H2,19,23)(H,22,25). The number of nitrogen functional groups attached to an aromatic ring is 1. The van der Waals surface area contributed by atoms with Crippen LogP contribution >= 0.6 is 11.3 Å². The molecule has 7 nitrogen and oxygen atoms in total. The van der Waals surface area contributed by atoms with E-state index in [1.807, 2.05) is 42.0 Å². The Kier molecular flexibility index (Phi) is 4.10. The molecule has 0 aliphatic carbocycles. The van der Waals surface area contributed by atoms with Crippen LogP contribution in [0.3, 0.4) is 0 Å². The number of nitrogens with one attached hydrogen (secondary N) is 1. The van der Waals surface area contributed by atoms with Gasteiger partial charge in [0.15, 0.2) is 5.13 Å². The van der Waals surface area contributed by atoms with E-state index in [1.54, 1.807) is 18.7 Å². The fourth-order valence-electron chi connectivity index (χ4n) is 2.81. The van der Waals surface area contributed by atoms with Crippen LogP contribution in [0.25, 0.3) is 16.0 Å². The number of aryl methyl sites for hydroxylation is 1. The van der Waals surface area contributed by atoms with Crippen molar-refractivity contribution in [3.63, 3.8) is 0 Å². The minimum atomic E-state index is -0.151. The third-order valence-electron chi connectivity index (χ3n) is 4.02. The van der Waals surface area contributed by atoms with E-state index in [2.05, 4.69) is 20.3 Å². The van der Waals surface area contributed by atoms with Gasteiger partial charge < -0.3 is 11.1 Å². The number of anilines is 1. The van der Waals surface area contributed by atoms with Crippen LogP contribution < -0.4 is 11.1 Å². The number of nitrogens with two attached hydrogens (primary N) is 1. The number of hydrogen-bond acceptors (Lipinski definition) is 6. The third kappa shape index (κ3) is 3.02. The van der Waals surface area contributed by atoms with Crippen molar-refractivity contribution in [2.75, 3.05) is 5.73 Å². The highest BCUT2D eigenvalue weighted by Crippen LogP contribution is 2.27. The van der Waals surface area contributed by atoms with Crippen molar-refractivity contribution in [1.82, 2.24) is 24.8 Å². The molecule has 0 bridgehead atoms. The molecule has 130 valence electrons. The van der Waals surface area contributed by atoms with Gasteiger partial charge >= 0.3 is 0 Å². The van der Waals surface area contributed by atoms with Gasteiger partial charge in [-0.2, -0.15) is 0 Å². The number of carbonyl (C=O) groups is 1. The molecule has 8 heteroatoms. The monoisotopic (exact) mass is 364 g/mol. The molecule has 0 aliphatic rings. The highest BCUT2D eigenvalue weighted by atomic mass is 32.1. The summed E-state index contributed by atoms with van der Waals surface area (Å²) in [6.45, 7) is 2.29. The summed E-state index contributed by atoms with van der Waals surface area (Å²) in [4.78, 5) is 25.3. The first kappa shape index (κ1) is 16.2. The molecule has 1 amide bonds. The lowest BCUT2D eigenvalue weighted by Gasteiger charge is -2.10. The normalized spacial score (nSPS) is 11.0. The van der Waals surface area contributed by atoms with Crippen LogP contribution in [0, 0.1) is 6.92 Å². The zero-order chi connectivity index (χ0) is 18.1. The van der Waals surface area contributed by atoms with Crippen molar-refractivity contribution in [3.8, 4) is 5.82 Å². The Hall–Kier alpha value is -3.26. The topological polar surface area (TPSA) is 98.7 Å². The zero-order valence-corrected chi connectivity index (χ0v) is 14.8. The largest absolute Gasteiger partial charge is 0.375 e. The summed E-state index contributed by atoms with van der Waals surface area (Å²) in [6.07, 6.45) is 6.90. The average molecular weight is 364 g/mol. The maximum Gasteiger partial charge on any atom is 0.251 e. The van der Waals surface area contributed by atoms with E-state index in [-0.39, 0.29) is 5.91 Å². The number of amides is 1. The van der Waals surface area contributed by atoms with Crippen LogP contribution in [0.15, 0.2) is 49.2 Å². The molecular formula is C18H16N6OS. The van der Waals surface area contributed by atoms with E-state index >= 15 is 0 Å². The van der Waals surface area contributed by atoms with E-state index < -0.39 is 0 Å². The van der Waals surface area contributed by atoms with E-state index in [1.165, 1.54) is 11.3 Å². The van der Waals surface area contributed by atoms with Crippen LogP contribution in [-0.4, -0.2) is 25.4 Å². The predicted molar refractivity (Wildman–Crippen MR) is 101 cm³/mol. The number of aromatic nitrogens is 4. The lowest BCUT2D eigenvalue weighted by atomic mass is 10.1. The van der Waals surface area contributed by atoms with Gasteiger partial charge in [-0.1, -0.05) is 17.4 Å². The summed E-state index contributed by atoms with van der Waals surface area (Å²) in [7, 11) is 0.